The van der Waals surface area contributed by atoms with Gasteiger partial charge in [0.25, 0.3) is 0 Å². The Morgan fingerprint density at radius 3 is 2.57 bits per heavy atom. The highest BCUT2D eigenvalue weighted by atomic mass is 16.5. The monoisotopic (exact) mass is 290 g/mol. The van der Waals surface area contributed by atoms with E-state index in [0.717, 1.165) is 51.3 Å². The van der Waals surface area contributed by atoms with Crippen molar-refractivity contribution < 1.29 is 9.53 Å². The van der Waals surface area contributed by atoms with E-state index in [9.17, 15) is 4.79 Å². The molecule has 0 atom stereocenters. The lowest BCUT2D eigenvalue weighted by Gasteiger charge is -2.21. The van der Waals surface area contributed by atoms with E-state index in [1.165, 1.54) is 5.56 Å². The molecule has 0 aliphatic carbocycles. The number of hydrogen-bond donors (Lipinski definition) is 0. The van der Waals surface area contributed by atoms with Crippen LogP contribution in [0.2, 0.25) is 0 Å². The van der Waals surface area contributed by atoms with Crippen molar-refractivity contribution in [1.82, 2.24) is 9.80 Å². The van der Waals surface area contributed by atoms with E-state index in [0.29, 0.717) is 6.42 Å². The lowest BCUT2D eigenvalue weighted by Crippen LogP contribution is -2.35. The summed E-state index contributed by atoms with van der Waals surface area (Å²) in [5.74, 6) is 1.19. The van der Waals surface area contributed by atoms with Crippen molar-refractivity contribution >= 4 is 5.91 Å². The standard InChI is InChI=1S/C17H26N2O2/c1-3-17(20)19-11-4-10-18(13-14-19)12-9-15-5-7-16(21-2)8-6-15/h5-8H,3-4,9-14H2,1-2H3. The highest BCUT2D eigenvalue weighted by molar-refractivity contribution is 5.75. The first-order chi connectivity index (χ1) is 10.2. The van der Waals surface area contributed by atoms with Crippen molar-refractivity contribution in [2.24, 2.45) is 0 Å². The van der Waals surface area contributed by atoms with Gasteiger partial charge in [-0.3, -0.25) is 4.79 Å². The number of benzene rings is 1. The van der Waals surface area contributed by atoms with Crippen molar-refractivity contribution in [3.05, 3.63) is 29.8 Å². The van der Waals surface area contributed by atoms with Crippen LogP contribution in [0.15, 0.2) is 24.3 Å². The summed E-state index contributed by atoms with van der Waals surface area (Å²) in [4.78, 5) is 16.2. The molecule has 1 saturated heterocycles. The molecule has 0 saturated carbocycles. The zero-order valence-electron chi connectivity index (χ0n) is 13.2. The lowest BCUT2D eigenvalue weighted by atomic mass is 10.1. The molecule has 1 amide bonds. The molecule has 1 fully saturated rings. The average molecular weight is 290 g/mol. The number of amides is 1. The minimum Gasteiger partial charge on any atom is -0.497 e. The van der Waals surface area contributed by atoms with Crippen LogP contribution in [0, 0.1) is 0 Å². The third-order valence-corrected chi connectivity index (χ3v) is 4.12. The summed E-state index contributed by atoms with van der Waals surface area (Å²) in [6.07, 6.45) is 2.74. The fraction of sp³-hybridized carbons (Fsp3) is 0.588. The van der Waals surface area contributed by atoms with Gasteiger partial charge in [-0.1, -0.05) is 19.1 Å². The molecule has 0 N–H and O–H groups in total. The minimum absolute atomic E-state index is 0.284. The Morgan fingerprint density at radius 2 is 1.90 bits per heavy atom. The van der Waals surface area contributed by atoms with E-state index in [2.05, 4.69) is 17.0 Å². The molecule has 1 aromatic rings. The average Bonchev–Trinajstić information content (AvgIpc) is 2.78. The number of carbonyl (C=O) groups is 1. The fourth-order valence-corrected chi connectivity index (χ4v) is 2.75. The van der Waals surface area contributed by atoms with Gasteiger partial charge in [0.1, 0.15) is 5.75 Å². The smallest absolute Gasteiger partial charge is 0.222 e. The van der Waals surface area contributed by atoms with Gasteiger partial charge in [-0.25, -0.2) is 0 Å². The van der Waals surface area contributed by atoms with Crippen LogP contribution in [-0.4, -0.2) is 55.5 Å². The van der Waals surface area contributed by atoms with E-state index in [-0.39, 0.29) is 5.91 Å². The summed E-state index contributed by atoms with van der Waals surface area (Å²) in [7, 11) is 1.69. The number of carbonyl (C=O) groups excluding carboxylic acids is 1. The van der Waals surface area contributed by atoms with Crippen molar-refractivity contribution in [2.75, 3.05) is 39.8 Å². The number of nitrogens with zero attached hydrogens (tertiary/aromatic N) is 2. The van der Waals surface area contributed by atoms with E-state index >= 15 is 0 Å². The molecule has 0 spiro atoms. The van der Waals surface area contributed by atoms with Crippen molar-refractivity contribution in [2.45, 2.75) is 26.2 Å². The molecule has 116 valence electrons. The van der Waals surface area contributed by atoms with E-state index < -0.39 is 0 Å². The predicted molar refractivity (Wildman–Crippen MR) is 84.6 cm³/mol. The summed E-state index contributed by atoms with van der Waals surface area (Å²) in [6.45, 7) is 6.85. The third-order valence-electron chi connectivity index (χ3n) is 4.12. The van der Waals surface area contributed by atoms with Gasteiger partial charge in [0, 0.05) is 32.6 Å². The Balaban J connectivity index is 1.79. The van der Waals surface area contributed by atoms with E-state index in [1.807, 2.05) is 24.0 Å². The van der Waals surface area contributed by atoms with Crippen LogP contribution < -0.4 is 4.74 Å². The zero-order valence-corrected chi connectivity index (χ0v) is 13.2. The molecule has 1 aromatic carbocycles. The number of ether oxygens (including phenoxy) is 1. The fourth-order valence-electron chi connectivity index (χ4n) is 2.75. The number of methoxy groups -OCH3 is 1. The molecule has 0 unspecified atom stereocenters. The molecule has 0 radical (unpaired) electrons. The Bertz CT molecular complexity index is 445. The molecular weight excluding hydrogens is 264 g/mol. The molecule has 0 bridgehead atoms. The van der Waals surface area contributed by atoms with Crippen LogP contribution in [0.25, 0.3) is 0 Å². The Labute approximate surface area is 127 Å². The summed E-state index contributed by atoms with van der Waals surface area (Å²) >= 11 is 0. The summed E-state index contributed by atoms with van der Waals surface area (Å²) in [6, 6.07) is 8.28. The summed E-state index contributed by atoms with van der Waals surface area (Å²) < 4.78 is 5.18. The first kappa shape index (κ1) is 15.8. The maximum Gasteiger partial charge on any atom is 0.222 e. The van der Waals surface area contributed by atoms with E-state index in [4.69, 9.17) is 4.74 Å². The topological polar surface area (TPSA) is 32.8 Å². The zero-order chi connectivity index (χ0) is 15.1. The van der Waals surface area contributed by atoms with Gasteiger partial charge in [-0.05, 0) is 37.1 Å². The second-order valence-electron chi connectivity index (χ2n) is 5.53. The summed E-state index contributed by atoms with van der Waals surface area (Å²) in [5.41, 5.74) is 1.33. The van der Waals surface area contributed by atoms with E-state index in [1.54, 1.807) is 7.11 Å². The van der Waals surface area contributed by atoms with Crippen molar-refractivity contribution in [3.63, 3.8) is 0 Å². The van der Waals surface area contributed by atoms with Gasteiger partial charge in [0.15, 0.2) is 0 Å². The van der Waals surface area contributed by atoms with Gasteiger partial charge < -0.3 is 14.5 Å². The molecule has 4 nitrogen and oxygen atoms in total. The summed E-state index contributed by atoms with van der Waals surface area (Å²) in [5, 5.41) is 0. The second kappa shape index (κ2) is 8.03. The maximum absolute atomic E-state index is 11.8. The van der Waals surface area contributed by atoms with Gasteiger partial charge >= 0.3 is 0 Å². The largest absolute Gasteiger partial charge is 0.497 e. The second-order valence-corrected chi connectivity index (χ2v) is 5.53. The minimum atomic E-state index is 0.284. The SMILES string of the molecule is CCC(=O)N1CCCN(CCc2ccc(OC)cc2)CC1. The first-order valence-corrected chi connectivity index (χ1v) is 7.86. The van der Waals surface area contributed by atoms with Gasteiger partial charge in [-0.15, -0.1) is 0 Å². The van der Waals surface area contributed by atoms with Crippen LogP contribution in [0.1, 0.15) is 25.3 Å². The van der Waals surface area contributed by atoms with Crippen molar-refractivity contribution in [3.8, 4) is 5.75 Å². The Kier molecular flexibility index (Phi) is 6.05. The van der Waals surface area contributed by atoms with Gasteiger partial charge in [0.2, 0.25) is 5.91 Å². The molecule has 0 aromatic heterocycles. The number of hydrogen-bond acceptors (Lipinski definition) is 3. The first-order valence-electron chi connectivity index (χ1n) is 7.86. The van der Waals surface area contributed by atoms with Crippen LogP contribution >= 0.6 is 0 Å². The van der Waals surface area contributed by atoms with Crippen LogP contribution in [0.4, 0.5) is 0 Å². The van der Waals surface area contributed by atoms with Crippen LogP contribution in [-0.2, 0) is 11.2 Å². The molecule has 1 heterocycles. The molecule has 1 aliphatic heterocycles. The highest BCUT2D eigenvalue weighted by Crippen LogP contribution is 2.12. The van der Waals surface area contributed by atoms with Crippen molar-refractivity contribution in [1.29, 1.82) is 0 Å². The van der Waals surface area contributed by atoms with Crippen LogP contribution in [0.5, 0.6) is 5.75 Å². The Hall–Kier alpha value is -1.55. The predicted octanol–water partition coefficient (Wildman–Crippen LogP) is 2.18. The molecule has 2 rings (SSSR count). The quantitative estimate of drug-likeness (QED) is 0.833. The molecule has 1 aliphatic rings. The maximum atomic E-state index is 11.8. The molecule has 4 heteroatoms. The Morgan fingerprint density at radius 1 is 1.14 bits per heavy atom. The molecular formula is C17H26N2O2. The third kappa shape index (κ3) is 4.74. The molecule has 21 heavy (non-hydrogen) atoms. The highest BCUT2D eigenvalue weighted by Gasteiger charge is 2.17. The lowest BCUT2D eigenvalue weighted by molar-refractivity contribution is -0.130. The number of rotatable bonds is 5. The van der Waals surface area contributed by atoms with Gasteiger partial charge in [0.05, 0.1) is 7.11 Å². The van der Waals surface area contributed by atoms with Crippen LogP contribution in [0.3, 0.4) is 0 Å². The normalized spacial score (nSPS) is 16.6. The van der Waals surface area contributed by atoms with Gasteiger partial charge in [-0.2, -0.15) is 0 Å².